The fraction of sp³-hybridized carbons (Fsp3) is 0.462. The Hall–Kier alpha value is -1.35. The molecule has 0 radical (unpaired) electrons. The number of carboxylic acids is 1. The number of carboxylic acid groups (broad SMARTS) is 1. The Balaban J connectivity index is 2.03. The highest BCUT2D eigenvalue weighted by atomic mass is 16.4. The molecule has 0 saturated carbocycles. The highest BCUT2D eigenvalue weighted by Crippen LogP contribution is 2.23. The maximum Gasteiger partial charge on any atom is 0.303 e. The molecule has 0 amide bonds. The van der Waals surface area contributed by atoms with Gasteiger partial charge in [0.15, 0.2) is 0 Å². The quantitative estimate of drug-likeness (QED) is 0.815. The van der Waals surface area contributed by atoms with Gasteiger partial charge in [-0.05, 0) is 36.9 Å². The Labute approximate surface area is 95.5 Å². The minimum atomic E-state index is -0.732. The van der Waals surface area contributed by atoms with E-state index in [-0.39, 0.29) is 6.42 Å². The maximum atomic E-state index is 10.5. The summed E-state index contributed by atoms with van der Waals surface area (Å²) in [6.45, 7) is 1.09. The first-order valence-corrected chi connectivity index (χ1v) is 5.80. The molecule has 0 aromatic heterocycles. The zero-order valence-corrected chi connectivity index (χ0v) is 9.28. The third kappa shape index (κ3) is 2.83. The molecule has 0 aliphatic carbocycles. The molecule has 1 aromatic carbocycles. The molecule has 1 heterocycles. The van der Waals surface area contributed by atoms with Crippen LogP contribution < -0.4 is 5.32 Å². The highest BCUT2D eigenvalue weighted by Gasteiger charge is 2.15. The van der Waals surface area contributed by atoms with Crippen LogP contribution in [0.3, 0.4) is 0 Å². The van der Waals surface area contributed by atoms with Gasteiger partial charge in [0.1, 0.15) is 0 Å². The van der Waals surface area contributed by atoms with E-state index in [1.54, 1.807) is 0 Å². The summed E-state index contributed by atoms with van der Waals surface area (Å²) in [5.74, 6) is -0.732. The van der Waals surface area contributed by atoms with Crippen LogP contribution in [0.5, 0.6) is 0 Å². The van der Waals surface area contributed by atoms with Crippen LogP contribution in [-0.4, -0.2) is 17.6 Å². The molecule has 1 aliphatic heterocycles. The lowest BCUT2D eigenvalue weighted by atomic mass is 10.0. The minimum absolute atomic E-state index is 0.210. The van der Waals surface area contributed by atoms with Gasteiger partial charge in [0.25, 0.3) is 0 Å². The summed E-state index contributed by atoms with van der Waals surface area (Å²) in [6, 6.07) is 8.73. The van der Waals surface area contributed by atoms with Gasteiger partial charge in [0.05, 0.1) is 0 Å². The van der Waals surface area contributed by atoms with Gasteiger partial charge >= 0.3 is 5.97 Å². The van der Waals surface area contributed by atoms with Crippen LogP contribution in [0, 0.1) is 0 Å². The van der Waals surface area contributed by atoms with Gasteiger partial charge in [-0.3, -0.25) is 4.79 Å². The van der Waals surface area contributed by atoms with Crippen molar-refractivity contribution in [3.63, 3.8) is 0 Å². The van der Waals surface area contributed by atoms with Crippen molar-refractivity contribution in [3.05, 3.63) is 35.4 Å². The second kappa shape index (κ2) is 5.12. The van der Waals surface area contributed by atoms with Gasteiger partial charge in [-0.1, -0.05) is 24.3 Å². The first-order valence-electron chi connectivity index (χ1n) is 5.80. The topological polar surface area (TPSA) is 49.3 Å². The van der Waals surface area contributed by atoms with E-state index in [1.807, 2.05) is 12.1 Å². The standard InChI is InChI=1S/C13H17NO2/c15-13(16)7-6-10-3-1-4-11(9-10)12-5-2-8-14-12/h1,3-4,9,12,14H,2,5-8H2,(H,15,16)/t12-/m0/s1. The van der Waals surface area contributed by atoms with Crippen molar-refractivity contribution in [3.8, 4) is 0 Å². The summed E-state index contributed by atoms with van der Waals surface area (Å²) >= 11 is 0. The van der Waals surface area contributed by atoms with Crippen LogP contribution in [0.15, 0.2) is 24.3 Å². The third-order valence-electron chi connectivity index (χ3n) is 3.04. The molecular weight excluding hydrogens is 202 g/mol. The van der Waals surface area contributed by atoms with Gasteiger partial charge in [0.2, 0.25) is 0 Å². The van der Waals surface area contributed by atoms with E-state index >= 15 is 0 Å². The number of hydrogen-bond acceptors (Lipinski definition) is 2. The van der Waals surface area contributed by atoms with E-state index in [0.29, 0.717) is 12.5 Å². The number of aryl methyl sites for hydroxylation is 1. The van der Waals surface area contributed by atoms with E-state index in [0.717, 1.165) is 12.1 Å². The Morgan fingerprint density at radius 2 is 2.38 bits per heavy atom. The molecule has 1 aromatic rings. The van der Waals surface area contributed by atoms with Crippen molar-refractivity contribution in [1.29, 1.82) is 0 Å². The fourth-order valence-electron chi connectivity index (χ4n) is 2.19. The summed E-state index contributed by atoms with van der Waals surface area (Å²) in [6.07, 6.45) is 3.24. The van der Waals surface area contributed by atoms with Crippen molar-refractivity contribution in [2.24, 2.45) is 0 Å². The normalized spacial score (nSPS) is 19.9. The SMILES string of the molecule is O=C(O)CCc1cccc([C@@H]2CCCN2)c1. The lowest BCUT2D eigenvalue weighted by Crippen LogP contribution is -2.13. The highest BCUT2D eigenvalue weighted by molar-refractivity contribution is 5.67. The third-order valence-corrected chi connectivity index (χ3v) is 3.04. The summed E-state index contributed by atoms with van der Waals surface area (Å²) in [5, 5.41) is 12.1. The Morgan fingerprint density at radius 1 is 1.50 bits per heavy atom. The molecule has 1 atom stereocenters. The van der Waals surface area contributed by atoms with Gasteiger partial charge in [-0.15, -0.1) is 0 Å². The van der Waals surface area contributed by atoms with E-state index in [4.69, 9.17) is 5.11 Å². The van der Waals surface area contributed by atoms with Crippen LogP contribution in [0.25, 0.3) is 0 Å². The average molecular weight is 219 g/mol. The molecule has 0 bridgehead atoms. The van der Waals surface area contributed by atoms with E-state index in [1.165, 1.54) is 18.4 Å². The molecule has 2 N–H and O–H groups in total. The molecule has 16 heavy (non-hydrogen) atoms. The number of benzene rings is 1. The Bertz CT molecular complexity index is 370. The second-order valence-corrected chi connectivity index (χ2v) is 4.29. The first kappa shape index (κ1) is 11.1. The van der Waals surface area contributed by atoms with Crippen LogP contribution >= 0.6 is 0 Å². The van der Waals surface area contributed by atoms with Crippen LogP contribution in [0.2, 0.25) is 0 Å². The zero-order chi connectivity index (χ0) is 11.4. The minimum Gasteiger partial charge on any atom is -0.481 e. The maximum absolute atomic E-state index is 10.5. The molecule has 0 spiro atoms. The van der Waals surface area contributed by atoms with Gasteiger partial charge in [-0.2, -0.15) is 0 Å². The van der Waals surface area contributed by atoms with Crippen LogP contribution in [-0.2, 0) is 11.2 Å². The van der Waals surface area contributed by atoms with Crippen molar-refractivity contribution < 1.29 is 9.90 Å². The monoisotopic (exact) mass is 219 g/mol. The predicted molar refractivity (Wildman–Crippen MR) is 62.4 cm³/mol. The number of rotatable bonds is 4. The van der Waals surface area contributed by atoms with Crippen LogP contribution in [0.1, 0.15) is 36.4 Å². The van der Waals surface area contributed by atoms with Gasteiger partial charge in [0, 0.05) is 12.5 Å². The summed E-state index contributed by atoms with van der Waals surface area (Å²) in [4.78, 5) is 10.5. The Kier molecular flexibility index (Phi) is 3.57. The molecule has 3 heteroatoms. The summed E-state index contributed by atoms with van der Waals surface area (Å²) < 4.78 is 0. The number of nitrogens with one attached hydrogen (secondary N) is 1. The smallest absolute Gasteiger partial charge is 0.303 e. The molecule has 0 unspecified atom stereocenters. The van der Waals surface area contributed by atoms with Gasteiger partial charge in [-0.25, -0.2) is 0 Å². The number of hydrogen-bond donors (Lipinski definition) is 2. The van der Waals surface area contributed by atoms with Crippen molar-refractivity contribution in [2.45, 2.75) is 31.7 Å². The molecule has 1 saturated heterocycles. The van der Waals surface area contributed by atoms with E-state index < -0.39 is 5.97 Å². The first-order chi connectivity index (χ1) is 7.75. The summed E-state index contributed by atoms with van der Waals surface area (Å²) in [5.41, 5.74) is 2.41. The van der Waals surface area contributed by atoms with Gasteiger partial charge < -0.3 is 10.4 Å². The van der Waals surface area contributed by atoms with E-state index in [9.17, 15) is 4.79 Å². The number of carbonyl (C=O) groups is 1. The second-order valence-electron chi connectivity index (χ2n) is 4.29. The zero-order valence-electron chi connectivity index (χ0n) is 9.28. The average Bonchev–Trinajstić information content (AvgIpc) is 2.80. The predicted octanol–water partition coefficient (Wildman–Crippen LogP) is 2.13. The molecule has 1 fully saturated rings. The molecular formula is C13H17NO2. The van der Waals surface area contributed by atoms with Crippen molar-refractivity contribution in [1.82, 2.24) is 5.32 Å². The molecule has 1 aliphatic rings. The molecule has 3 nitrogen and oxygen atoms in total. The largest absolute Gasteiger partial charge is 0.481 e. The summed E-state index contributed by atoms with van der Waals surface area (Å²) in [7, 11) is 0. The number of aliphatic carboxylic acids is 1. The lowest BCUT2D eigenvalue weighted by molar-refractivity contribution is -0.136. The Morgan fingerprint density at radius 3 is 3.06 bits per heavy atom. The fourth-order valence-corrected chi connectivity index (χ4v) is 2.19. The molecule has 86 valence electrons. The van der Waals surface area contributed by atoms with Crippen LogP contribution in [0.4, 0.5) is 0 Å². The van der Waals surface area contributed by atoms with Crippen molar-refractivity contribution >= 4 is 5.97 Å². The van der Waals surface area contributed by atoms with Crippen molar-refractivity contribution in [2.75, 3.05) is 6.54 Å². The van der Waals surface area contributed by atoms with E-state index in [2.05, 4.69) is 17.4 Å². The molecule has 2 rings (SSSR count). The lowest BCUT2D eigenvalue weighted by Gasteiger charge is -2.11.